The molecule has 0 amide bonds. The minimum atomic E-state index is -2.93. The lowest BCUT2D eigenvalue weighted by Gasteiger charge is -2.17. The van der Waals surface area contributed by atoms with Crippen LogP contribution < -0.4 is 14.2 Å². The minimum absolute atomic E-state index is 0.0497. The number of ether oxygens (including phenoxy) is 3. The lowest BCUT2D eigenvalue weighted by Crippen LogP contribution is -2.11. The van der Waals surface area contributed by atoms with Gasteiger partial charge in [-0.05, 0) is 68.5 Å². The van der Waals surface area contributed by atoms with Gasteiger partial charge >= 0.3 is 6.61 Å². The van der Waals surface area contributed by atoms with Crippen molar-refractivity contribution in [1.82, 2.24) is 0 Å². The van der Waals surface area contributed by atoms with Gasteiger partial charge in [0.2, 0.25) is 0 Å². The number of benzene rings is 2. The van der Waals surface area contributed by atoms with E-state index in [1.54, 1.807) is 12.1 Å². The molecule has 0 bridgehead atoms. The predicted molar refractivity (Wildman–Crippen MR) is 107 cm³/mol. The Balaban J connectivity index is 1.72. The van der Waals surface area contributed by atoms with Crippen molar-refractivity contribution >= 4 is 11.9 Å². The number of carbonyl (C=O) groups is 1. The molecule has 1 saturated carbocycles. The van der Waals surface area contributed by atoms with Crippen LogP contribution in [0.5, 0.6) is 17.2 Å². The van der Waals surface area contributed by atoms with Crippen molar-refractivity contribution in [3.8, 4) is 17.2 Å². The molecular formula is C23H24F2O4. The van der Waals surface area contributed by atoms with Crippen LogP contribution in [0.1, 0.15) is 48.5 Å². The van der Waals surface area contributed by atoms with E-state index in [0.717, 1.165) is 18.4 Å². The Hall–Kier alpha value is -2.89. The Morgan fingerprint density at radius 3 is 2.66 bits per heavy atom. The maximum Gasteiger partial charge on any atom is 0.387 e. The van der Waals surface area contributed by atoms with Crippen LogP contribution in [0.4, 0.5) is 8.78 Å². The van der Waals surface area contributed by atoms with E-state index in [1.807, 2.05) is 25.1 Å². The molecule has 4 nitrogen and oxygen atoms in total. The van der Waals surface area contributed by atoms with Gasteiger partial charge in [0.25, 0.3) is 0 Å². The Kier molecular flexibility index (Phi) is 7.22. The summed E-state index contributed by atoms with van der Waals surface area (Å²) >= 11 is 0. The van der Waals surface area contributed by atoms with Crippen molar-refractivity contribution in [2.45, 2.75) is 45.3 Å². The molecule has 2 aromatic rings. The normalized spacial score (nSPS) is 14.5. The minimum Gasteiger partial charge on any atom is -0.490 e. The van der Waals surface area contributed by atoms with Crippen LogP contribution in [0.3, 0.4) is 0 Å². The molecule has 29 heavy (non-hydrogen) atoms. The number of halogens is 2. The monoisotopic (exact) mass is 402 g/mol. The molecular weight excluding hydrogens is 378 g/mol. The molecule has 6 heteroatoms. The van der Waals surface area contributed by atoms with E-state index >= 15 is 0 Å². The van der Waals surface area contributed by atoms with E-state index < -0.39 is 6.61 Å². The van der Waals surface area contributed by atoms with Crippen LogP contribution in [0.2, 0.25) is 0 Å². The molecule has 3 rings (SSSR count). The van der Waals surface area contributed by atoms with Crippen LogP contribution in [-0.2, 0) is 0 Å². The number of alkyl halides is 2. The summed E-state index contributed by atoms with van der Waals surface area (Å²) in [6.07, 6.45) is 7.74. The quantitative estimate of drug-likeness (QED) is 0.387. The van der Waals surface area contributed by atoms with Gasteiger partial charge in [-0.25, -0.2) is 0 Å². The zero-order valence-electron chi connectivity index (χ0n) is 16.3. The lowest BCUT2D eigenvalue weighted by molar-refractivity contribution is -0.0498. The first kappa shape index (κ1) is 20.8. The molecule has 1 fully saturated rings. The average molecular weight is 402 g/mol. The molecule has 0 heterocycles. The molecule has 2 aromatic carbocycles. The fourth-order valence-corrected chi connectivity index (χ4v) is 3.27. The first-order valence-corrected chi connectivity index (χ1v) is 9.76. The Labute approximate surface area is 169 Å². The van der Waals surface area contributed by atoms with E-state index in [4.69, 9.17) is 9.47 Å². The van der Waals surface area contributed by atoms with Gasteiger partial charge in [0.15, 0.2) is 17.3 Å². The molecule has 0 atom stereocenters. The molecule has 0 saturated heterocycles. The smallest absolute Gasteiger partial charge is 0.387 e. The van der Waals surface area contributed by atoms with Gasteiger partial charge in [-0.3, -0.25) is 4.79 Å². The summed E-state index contributed by atoms with van der Waals surface area (Å²) in [7, 11) is 0. The molecule has 0 unspecified atom stereocenters. The summed E-state index contributed by atoms with van der Waals surface area (Å²) < 4.78 is 40.8. The van der Waals surface area contributed by atoms with Gasteiger partial charge in [-0.1, -0.05) is 24.3 Å². The van der Waals surface area contributed by atoms with Crippen LogP contribution >= 0.6 is 0 Å². The largest absolute Gasteiger partial charge is 0.490 e. The van der Waals surface area contributed by atoms with Crippen LogP contribution in [0.25, 0.3) is 6.08 Å². The van der Waals surface area contributed by atoms with E-state index in [9.17, 15) is 13.6 Å². The fraction of sp³-hybridized carbons (Fsp3) is 0.348. The summed E-state index contributed by atoms with van der Waals surface area (Å²) in [6.45, 7) is -0.526. The summed E-state index contributed by atoms with van der Waals surface area (Å²) in [5.41, 5.74) is 1.05. The summed E-state index contributed by atoms with van der Waals surface area (Å²) in [4.78, 5) is 12.4. The summed E-state index contributed by atoms with van der Waals surface area (Å²) in [6, 6.07) is 11.3. The molecule has 1 aliphatic rings. The van der Waals surface area contributed by atoms with E-state index in [2.05, 4.69) is 4.74 Å². The molecule has 0 radical (unpaired) electrons. The number of allylic oxidation sites excluding steroid dienone is 1. The molecule has 0 aliphatic heterocycles. The van der Waals surface area contributed by atoms with E-state index in [0.29, 0.717) is 18.1 Å². The Morgan fingerprint density at radius 2 is 1.93 bits per heavy atom. The molecule has 1 aliphatic carbocycles. The van der Waals surface area contributed by atoms with E-state index in [1.165, 1.54) is 37.1 Å². The van der Waals surface area contributed by atoms with E-state index in [-0.39, 0.29) is 23.2 Å². The van der Waals surface area contributed by atoms with Gasteiger partial charge < -0.3 is 14.2 Å². The highest BCUT2D eigenvalue weighted by atomic mass is 19.3. The molecule has 154 valence electrons. The third-order valence-corrected chi connectivity index (χ3v) is 4.63. The van der Waals surface area contributed by atoms with Crippen LogP contribution in [0, 0.1) is 0 Å². The molecule has 0 spiro atoms. The van der Waals surface area contributed by atoms with Gasteiger partial charge in [0.05, 0.1) is 12.7 Å². The van der Waals surface area contributed by atoms with Crippen molar-refractivity contribution in [2.75, 3.05) is 6.61 Å². The highest BCUT2D eigenvalue weighted by Gasteiger charge is 2.18. The highest BCUT2D eigenvalue weighted by molar-refractivity contribution is 6.07. The Morgan fingerprint density at radius 1 is 1.14 bits per heavy atom. The van der Waals surface area contributed by atoms with Gasteiger partial charge in [-0.2, -0.15) is 8.78 Å². The standard InChI is InChI=1S/C23H24F2O4/c1-2-27-22-14-16(11-13-21(22)28-18-7-3-4-8-18)10-12-20(26)17-6-5-9-19(15-17)29-23(24)25/h5-6,9-15,18,23H,2-4,7-8H2,1H3/b12-10+. The maximum absolute atomic E-state index is 12.4. The van der Waals surface area contributed by atoms with Gasteiger partial charge in [0, 0.05) is 5.56 Å². The second-order valence-corrected chi connectivity index (χ2v) is 6.77. The highest BCUT2D eigenvalue weighted by Crippen LogP contribution is 2.33. The van der Waals surface area contributed by atoms with Crippen molar-refractivity contribution in [1.29, 1.82) is 0 Å². The molecule has 0 aromatic heterocycles. The van der Waals surface area contributed by atoms with Gasteiger partial charge in [0.1, 0.15) is 5.75 Å². The van der Waals surface area contributed by atoms with Crippen molar-refractivity contribution in [2.24, 2.45) is 0 Å². The fourth-order valence-electron chi connectivity index (χ4n) is 3.27. The van der Waals surface area contributed by atoms with Crippen LogP contribution in [0.15, 0.2) is 48.5 Å². The second-order valence-electron chi connectivity index (χ2n) is 6.77. The SMILES string of the molecule is CCOc1cc(/C=C/C(=O)c2cccc(OC(F)F)c2)ccc1OC1CCCC1. The van der Waals surface area contributed by atoms with Crippen LogP contribution in [-0.4, -0.2) is 25.1 Å². The third kappa shape index (κ3) is 6.04. The first-order chi connectivity index (χ1) is 14.0. The maximum atomic E-state index is 12.4. The number of carbonyl (C=O) groups excluding carboxylic acids is 1. The summed E-state index contributed by atoms with van der Waals surface area (Å²) in [5.74, 6) is 0.987. The zero-order chi connectivity index (χ0) is 20.6. The predicted octanol–water partition coefficient (Wildman–Crippen LogP) is 5.90. The number of rotatable bonds is 9. The lowest BCUT2D eigenvalue weighted by atomic mass is 10.1. The number of ketones is 1. The average Bonchev–Trinajstić information content (AvgIpc) is 3.21. The second kappa shape index (κ2) is 10.0. The first-order valence-electron chi connectivity index (χ1n) is 9.76. The third-order valence-electron chi connectivity index (χ3n) is 4.63. The topological polar surface area (TPSA) is 44.8 Å². The Bertz CT molecular complexity index is 858. The van der Waals surface area contributed by atoms with Crippen molar-refractivity contribution < 1.29 is 27.8 Å². The van der Waals surface area contributed by atoms with Gasteiger partial charge in [-0.15, -0.1) is 0 Å². The summed E-state index contributed by atoms with van der Waals surface area (Å²) in [5, 5.41) is 0. The number of hydrogen-bond acceptors (Lipinski definition) is 4. The molecule has 0 N–H and O–H groups in total. The van der Waals surface area contributed by atoms with Crippen molar-refractivity contribution in [3.63, 3.8) is 0 Å². The zero-order valence-corrected chi connectivity index (χ0v) is 16.3. The van der Waals surface area contributed by atoms with Crippen molar-refractivity contribution in [3.05, 3.63) is 59.7 Å². The number of hydrogen-bond donors (Lipinski definition) is 0.